The van der Waals surface area contributed by atoms with E-state index in [1.54, 1.807) is 6.07 Å². The van der Waals surface area contributed by atoms with Crippen molar-refractivity contribution in [1.29, 1.82) is 0 Å². The number of anilines is 1. The number of nitrogens with one attached hydrogen (secondary N) is 1. The summed E-state index contributed by atoms with van der Waals surface area (Å²) in [6.07, 6.45) is 0. The van der Waals surface area contributed by atoms with Gasteiger partial charge in [0.2, 0.25) is 5.95 Å². The Kier molecular flexibility index (Phi) is 3.82. The summed E-state index contributed by atoms with van der Waals surface area (Å²) in [6.45, 7) is 3.19. The number of piperazine rings is 1. The summed E-state index contributed by atoms with van der Waals surface area (Å²) >= 11 is 0. The molecule has 24 heavy (non-hydrogen) atoms. The zero-order valence-corrected chi connectivity index (χ0v) is 13.0. The van der Waals surface area contributed by atoms with Crippen LogP contribution in [0.25, 0.3) is 22.2 Å². The van der Waals surface area contributed by atoms with Gasteiger partial charge in [0.05, 0.1) is 16.8 Å². The second kappa shape index (κ2) is 6.13. The fourth-order valence-corrected chi connectivity index (χ4v) is 2.99. The number of rotatable bonds is 2. The molecular weight excluding hydrogens is 310 g/mol. The van der Waals surface area contributed by atoms with Crippen LogP contribution in [0.3, 0.4) is 0 Å². The molecule has 4 rings (SSSR count). The van der Waals surface area contributed by atoms with Crippen molar-refractivity contribution < 1.29 is 8.78 Å². The van der Waals surface area contributed by atoms with Gasteiger partial charge in [-0.3, -0.25) is 0 Å². The van der Waals surface area contributed by atoms with E-state index in [1.807, 2.05) is 23.1 Å². The van der Waals surface area contributed by atoms with Gasteiger partial charge in [0.15, 0.2) is 0 Å². The number of benzene rings is 2. The Morgan fingerprint density at radius 3 is 2.33 bits per heavy atom. The zero-order valence-electron chi connectivity index (χ0n) is 13.0. The van der Waals surface area contributed by atoms with Gasteiger partial charge in [-0.15, -0.1) is 0 Å². The lowest BCUT2D eigenvalue weighted by Crippen LogP contribution is -2.44. The topological polar surface area (TPSA) is 41.1 Å². The van der Waals surface area contributed by atoms with Crippen molar-refractivity contribution in [3.8, 4) is 11.3 Å². The molecule has 1 fully saturated rings. The Balaban J connectivity index is 1.96. The molecule has 1 aliphatic rings. The molecule has 0 bridgehead atoms. The molecule has 6 heteroatoms. The van der Waals surface area contributed by atoms with E-state index in [9.17, 15) is 8.78 Å². The minimum atomic E-state index is -0.620. The van der Waals surface area contributed by atoms with Crippen LogP contribution < -0.4 is 10.2 Å². The highest BCUT2D eigenvalue weighted by Crippen LogP contribution is 2.31. The van der Waals surface area contributed by atoms with E-state index in [2.05, 4.69) is 15.3 Å². The highest BCUT2D eigenvalue weighted by molar-refractivity contribution is 5.93. The first kappa shape index (κ1) is 15.0. The van der Waals surface area contributed by atoms with Crippen LogP contribution >= 0.6 is 0 Å². The molecule has 1 N–H and O–H groups in total. The normalized spacial score (nSPS) is 15.0. The van der Waals surface area contributed by atoms with Crippen molar-refractivity contribution in [2.45, 2.75) is 0 Å². The van der Waals surface area contributed by atoms with Crippen LogP contribution in [0.15, 0.2) is 42.5 Å². The third-order valence-electron chi connectivity index (χ3n) is 4.19. The predicted octanol–water partition coefficient (Wildman–Crippen LogP) is 2.98. The molecule has 0 aliphatic carbocycles. The molecule has 122 valence electrons. The van der Waals surface area contributed by atoms with Gasteiger partial charge in [-0.25, -0.2) is 18.7 Å². The molecule has 0 radical (unpaired) electrons. The summed E-state index contributed by atoms with van der Waals surface area (Å²) in [7, 11) is 0. The van der Waals surface area contributed by atoms with E-state index in [0.717, 1.165) is 26.2 Å². The standard InChI is InChI=1S/C18H16F2N4/c19-13-5-3-6-14(20)16(13)17-12-4-1-2-7-15(12)22-18(23-17)24-10-8-21-9-11-24/h1-7,21H,8-11H2. The fourth-order valence-electron chi connectivity index (χ4n) is 2.99. The smallest absolute Gasteiger partial charge is 0.226 e. The minimum Gasteiger partial charge on any atom is -0.338 e. The third-order valence-corrected chi connectivity index (χ3v) is 4.19. The van der Waals surface area contributed by atoms with E-state index in [4.69, 9.17) is 0 Å². The maximum Gasteiger partial charge on any atom is 0.226 e. The lowest BCUT2D eigenvalue weighted by molar-refractivity contribution is 0.579. The van der Waals surface area contributed by atoms with Crippen LogP contribution in [0, 0.1) is 11.6 Å². The second-order valence-electron chi connectivity index (χ2n) is 5.72. The minimum absolute atomic E-state index is 0.104. The lowest BCUT2D eigenvalue weighted by atomic mass is 10.1. The molecule has 1 aliphatic heterocycles. The van der Waals surface area contributed by atoms with E-state index < -0.39 is 11.6 Å². The number of hydrogen-bond donors (Lipinski definition) is 1. The summed E-state index contributed by atoms with van der Waals surface area (Å²) < 4.78 is 28.6. The monoisotopic (exact) mass is 326 g/mol. The Bertz CT molecular complexity index is 871. The predicted molar refractivity (Wildman–Crippen MR) is 90.0 cm³/mol. The second-order valence-corrected chi connectivity index (χ2v) is 5.72. The average Bonchev–Trinajstić information content (AvgIpc) is 2.62. The Morgan fingerprint density at radius 2 is 1.58 bits per heavy atom. The Labute approximate surface area is 138 Å². The molecule has 3 aromatic rings. The van der Waals surface area contributed by atoms with Gasteiger partial charge < -0.3 is 10.2 Å². The van der Waals surface area contributed by atoms with Gasteiger partial charge in [-0.05, 0) is 18.2 Å². The summed E-state index contributed by atoms with van der Waals surface area (Å²) in [6, 6.07) is 11.2. The van der Waals surface area contributed by atoms with Crippen LogP contribution in [0.2, 0.25) is 0 Å². The van der Waals surface area contributed by atoms with E-state index >= 15 is 0 Å². The number of para-hydroxylation sites is 1. The van der Waals surface area contributed by atoms with Crippen molar-refractivity contribution in [2.75, 3.05) is 31.1 Å². The zero-order chi connectivity index (χ0) is 16.5. The van der Waals surface area contributed by atoms with Crippen molar-refractivity contribution in [1.82, 2.24) is 15.3 Å². The lowest BCUT2D eigenvalue weighted by Gasteiger charge is -2.28. The van der Waals surface area contributed by atoms with Crippen molar-refractivity contribution in [2.24, 2.45) is 0 Å². The van der Waals surface area contributed by atoms with E-state index in [0.29, 0.717) is 22.5 Å². The maximum atomic E-state index is 14.3. The van der Waals surface area contributed by atoms with Crippen LogP contribution in [-0.4, -0.2) is 36.1 Å². The Hall–Kier alpha value is -2.60. The summed E-state index contributed by atoms with van der Waals surface area (Å²) in [5.41, 5.74) is 0.871. The molecule has 0 saturated carbocycles. The SMILES string of the molecule is Fc1cccc(F)c1-c1nc(N2CCNCC2)nc2ccccc12. The van der Waals surface area contributed by atoms with Crippen LogP contribution in [0.5, 0.6) is 0 Å². The molecule has 0 atom stereocenters. The van der Waals surface area contributed by atoms with Crippen molar-refractivity contribution in [3.05, 3.63) is 54.1 Å². The average molecular weight is 326 g/mol. The van der Waals surface area contributed by atoms with Gasteiger partial charge >= 0.3 is 0 Å². The highest BCUT2D eigenvalue weighted by Gasteiger charge is 2.20. The van der Waals surface area contributed by atoms with Gasteiger partial charge in [0, 0.05) is 31.6 Å². The van der Waals surface area contributed by atoms with Gasteiger partial charge in [-0.1, -0.05) is 24.3 Å². The molecule has 0 unspecified atom stereocenters. The first-order valence-electron chi connectivity index (χ1n) is 7.91. The van der Waals surface area contributed by atoms with Crippen molar-refractivity contribution >= 4 is 16.9 Å². The summed E-state index contributed by atoms with van der Waals surface area (Å²) in [5.74, 6) is -0.733. The number of halogens is 2. The van der Waals surface area contributed by atoms with Gasteiger partial charge in [0.25, 0.3) is 0 Å². The van der Waals surface area contributed by atoms with E-state index in [1.165, 1.54) is 18.2 Å². The van der Waals surface area contributed by atoms with Gasteiger partial charge in [-0.2, -0.15) is 0 Å². The third kappa shape index (κ3) is 2.59. The molecule has 2 aromatic carbocycles. The quantitative estimate of drug-likeness (QED) is 0.786. The van der Waals surface area contributed by atoms with Crippen molar-refractivity contribution in [3.63, 3.8) is 0 Å². The first-order chi connectivity index (χ1) is 11.7. The fraction of sp³-hybridized carbons (Fsp3) is 0.222. The van der Waals surface area contributed by atoms with Crippen LogP contribution in [0.1, 0.15) is 0 Å². The molecule has 1 aromatic heterocycles. The number of aromatic nitrogens is 2. The van der Waals surface area contributed by atoms with Crippen LogP contribution in [0.4, 0.5) is 14.7 Å². The molecular formula is C18H16F2N4. The van der Waals surface area contributed by atoms with Crippen LogP contribution in [-0.2, 0) is 0 Å². The number of nitrogens with zero attached hydrogens (tertiary/aromatic N) is 3. The largest absolute Gasteiger partial charge is 0.338 e. The number of fused-ring (bicyclic) bond motifs is 1. The maximum absolute atomic E-state index is 14.3. The van der Waals surface area contributed by atoms with Gasteiger partial charge in [0.1, 0.15) is 11.6 Å². The summed E-state index contributed by atoms with van der Waals surface area (Å²) in [4.78, 5) is 11.1. The number of hydrogen-bond acceptors (Lipinski definition) is 4. The highest BCUT2D eigenvalue weighted by atomic mass is 19.1. The first-order valence-corrected chi connectivity index (χ1v) is 7.91. The Morgan fingerprint density at radius 1 is 0.875 bits per heavy atom. The molecule has 4 nitrogen and oxygen atoms in total. The van der Waals surface area contributed by atoms with E-state index in [-0.39, 0.29) is 5.56 Å². The molecule has 0 spiro atoms. The molecule has 0 amide bonds. The molecule has 1 saturated heterocycles. The summed E-state index contributed by atoms with van der Waals surface area (Å²) in [5, 5.41) is 3.91. The molecule has 2 heterocycles.